The molecule has 0 saturated carbocycles. The van der Waals surface area contributed by atoms with Crippen LogP contribution < -0.4 is 5.32 Å². The summed E-state index contributed by atoms with van der Waals surface area (Å²) in [5.74, 6) is 0. The molecule has 0 aliphatic rings. The molecule has 96 valence electrons. The average Bonchev–Trinajstić information content (AvgIpc) is 2.81. The lowest BCUT2D eigenvalue weighted by Crippen LogP contribution is -2.09. The molecular weight excluding hydrogens is 240 g/mol. The zero-order valence-electron chi connectivity index (χ0n) is 11.1. The standard InChI is InChI=1S/C15H20N2S/c1-3-7-14-17-15(12-8-5-4-6-9-12)13(18-14)10-11-16-2/h4-6,8-9,16H,3,7,10-11H2,1-2H3. The van der Waals surface area contributed by atoms with Crippen LogP contribution in [0.5, 0.6) is 0 Å². The Morgan fingerprint density at radius 1 is 1.17 bits per heavy atom. The highest BCUT2D eigenvalue weighted by Crippen LogP contribution is 2.29. The minimum absolute atomic E-state index is 1.01. The smallest absolute Gasteiger partial charge is 0.0935 e. The van der Waals surface area contributed by atoms with Gasteiger partial charge in [0, 0.05) is 10.4 Å². The monoisotopic (exact) mass is 260 g/mol. The third kappa shape index (κ3) is 3.18. The molecule has 3 heteroatoms. The maximum atomic E-state index is 4.81. The van der Waals surface area contributed by atoms with Crippen LogP contribution in [0.15, 0.2) is 30.3 Å². The number of hydrogen-bond donors (Lipinski definition) is 1. The Morgan fingerprint density at radius 2 is 1.94 bits per heavy atom. The number of hydrogen-bond acceptors (Lipinski definition) is 3. The number of nitrogens with zero attached hydrogens (tertiary/aromatic N) is 1. The van der Waals surface area contributed by atoms with Gasteiger partial charge in [-0.05, 0) is 32.9 Å². The quantitative estimate of drug-likeness (QED) is 0.859. The van der Waals surface area contributed by atoms with Gasteiger partial charge in [0.05, 0.1) is 10.7 Å². The van der Waals surface area contributed by atoms with E-state index in [1.54, 1.807) is 0 Å². The molecule has 2 aromatic rings. The fourth-order valence-electron chi connectivity index (χ4n) is 1.95. The van der Waals surface area contributed by atoms with Crippen LogP contribution in [0.25, 0.3) is 11.3 Å². The van der Waals surface area contributed by atoms with E-state index in [2.05, 4.69) is 42.6 Å². The highest BCUT2D eigenvalue weighted by atomic mass is 32.1. The van der Waals surface area contributed by atoms with Crippen molar-refractivity contribution in [1.29, 1.82) is 0 Å². The van der Waals surface area contributed by atoms with E-state index >= 15 is 0 Å². The van der Waals surface area contributed by atoms with E-state index in [0.29, 0.717) is 0 Å². The van der Waals surface area contributed by atoms with Crippen molar-refractivity contribution in [3.63, 3.8) is 0 Å². The van der Waals surface area contributed by atoms with Crippen LogP contribution in [0.1, 0.15) is 23.2 Å². The molecule has 0 spiro atoms. The summed E-state index contributed by atoms with van der Waals surface area (Å²) >= 11 is 1.87. The maximum absolute atomic E-state index is 4.81. The van der Waals surface area contributed by atoms with Crippen molar-refractivity contribution in [3.05, 3.63) is 40.2 Å². The van der Waals surface area contributed by atoms with E-state index in [1.165, 1.54) is 21.1 Å². The van der Waals surface area contributed by atoms with Crippen LogP contribution in [0, 0.1) is 0 Å². The van der Waals surface area contributed by atoms with E-state index in [0.717, 1.165) is 25.8 Å². The predicted octanol–water partition coefficient (Wildman–Crippen LogP) is 3.52. The minimum Gasteiger partial charge on any atom is -0.319 e. The van der Waals surface area contributed by atoms with Gasteiger partial charge in [0.25, 0.3) is 0 Å². The molecule has 1 N–H and O–H groups in total. The average molecular weight is 260 g/mol. The van der Waals surface area contributed by atoms with E-state index in [-0.39, 0.29) is 0 Å². The van der Waals surface area contributed by atoms with Gasteiger partial charge in [-0.1, -0.05) is 37.3 Å². The maximum Gasteiger partial charge on any atom is 0.0935 e. The Bertz CT molecular complexity index is 476. The zero-order valence-corrected chi connectivity index (χ0v) is 11.9. The summed E-state index contributed by atoms with van der Waals surface area (Å²) < 4.78 is 0. The summed E-state index contributed by atoms with van der Waals surface area (Å²) in [5, 5.41) is 4.48. The molecule has 1 aromatic carbocycles. The van der Waals surface area contributed by atoms with Crippen molar-refractivity contribution >= 4 is 11.3 Å². The predicted molar refractivity (Wildman–Crippen MR) is 79.2 cm³/mol. The molecule has 0 atom stereocenters. The first-order valence-corrected chi connectivity index (χ1v) is 7.35. The molecule has 1 aromatic heterocycles. The first-order valence-electron chi connectivity index (χ1n) is 6.53. The molecule has 0 aliphatic heterocycles. The van der Waals surface area contributed by atoms with Gasteiger partial charge in [0.15, 0.2) is 0 Å². The van der Waals surface area contributed by atoms with Gasteiger partial charge in [0.2, 0.25) is 0 Å². The Kier molecular flexibility index (Phi) is 4.90. The Hall–Kier alpha value is -1.19. The summed E-state index contributed by atoms with van der Waals surface area (Å²) in [4.78, 5) is 6.22. The Balaban J connectivity index is 2.31. The topological polar surface area (TPSA) is 24.9 Å². The third-order valence-electron chi connectivity index (χ3n) is 2.85. The first kappa shape index (κ1) is 13.2. The van der Waals surface area contributed by atoms with E-state index in [9.17, 15) is 0 Å². The van der Waals surface area contributed by atoms with Gasteiger partial charge in [-0.25, -0.2) is 4.98 Å². The molecule has 0 saturated heterocycles. The van der Waals surface area contributed by atoms with Crippen molar-refractivity contribution in [1.82, 2.24) is 10.3 Å². The van der Waals surface area contributed by atoms with Gasteiger partial charge < -0.3 is 5.32 Å². The van der Waals surface area contributed by atoms with E-state index < -0.39 is 0 Å². The number of nitrogens with one attached hydrogen (secondary N) is 1. The van der Waals surface area contributed by atoms with E-state index in [1.807, 2.05) is 18.4 Å². The second-order valence-corrected chi connectivity index (χ2v) is 5.52. The largest absolute Gasteiger partial charge is 0.319 e. The molecule has 0 amide bonds. The molecular formula is C15H20N2S. The fourth-order valence-corrected chi connectivity index (χ4v) is 3.14. The molecule has 0 aliphatic carbocycles. The SMILES string of the molecule is CCCc1nc(-c2ccccc2)c(CCNC)s1. The van der Waals surface area contributed by atoms with Gasteiger partial charge in [-0.3, -0.25) is 0 Å². The summed E-state index contributed by atoms with van der Waals surface area (Å²) in [6.45, 7) is 3.21. The molecule has 0 radical (unpaired) electrons. The van der Waals surface area contributed by atoms with Crippen molar-refractivity contribution < 1.29 is 0 Å². The van der Waals surface area contributed by atoms with Gasteiger partial charge in [-0.15, -0.1) is 11.3 Å². The van der Waals surface area contributed by atoms with Crippen molar-refractivity contribution in [2.24, 2.45) is 0 Å². The lowest BCUT2D eigenvalue weighted by Gasteiger charge is -2.01. The van der Waals surface area contributed by atoms with Crippen LogP contribution >= 0.6 is 11.3 Å². The second kappa shape index (κ2) is 6.66. The summed E-state index contributed by atoms with van der Waals surface area (Å²) in [7, 11) is 2.00. The van der Waals surface area contributed by atoms with Gasteiger partial charge in [0.1, 0.15) is 0 Å². The van der Waals surface area contributed by atoms with Crippen LogP contribution in [0.4, 0.5) is 0 Å². The van der Waals surface area contributed by atoms with E-state index in [4.69, 9.17) is 4.98 Å². The number of thiazole rings is 1. The minimum atomic E-state index is 1.01. The summed E-state index contributed by atoms with van der Waals surface area (Å²) in [6, 6.07) is 10.5. The molecule has 0 bridgehead atoms. The van der Waals surface area contributed by atoms with Crippen LogP contribution in [0.3, 0.4) is 0 Å². The van der Waals surface area contributed by atoms with Crippen LogP contribution in [-0.4, -0.2) is 18.6 Å². The van der Waals surface area contributed by atoms with Gasteiger partial charge >= 0.3 is 0 Å². The van der Waals surface area contributed by atoms with Crippen molar-refractivity contribution in [2.45, 2.75) is 26.2 Å². The zero-order chi connectivity index (χ0) is 12.8. The highest BCUT2D eigenvalue weighted by molar-refractivity contribution is 7.12. The number of benzene rings is 1. The van der Waals surface area contributed by atoms with Crippen molar-refractivity contribution in [2.75, 3.05) is 13.6 Å². The number of likely N-dealkylation sites (N-methyl/N-ethyl adjacent to an activating group) is 1. The Morgan fingerprint density at radius 3 is 2.61 bits per heavy atom. The highest BCUT2D eigenvalue weighted by Gasteiger charge is 2.11. The normalized spacial score (nSPS) is 10.8. The number of rotatable bonds is 6. The third-order valence-corrected chi connectivity index (χ3v) is 4.03. The molecule has 0 unspecified atom stereocenters. The lowest BCUT2D eigenvalue weighted by molar-refractivity contribution is 0.799. The molecule has 18 heavy (non-hydrogen) atoms. The number of aryl methyl sites for hydroxylation is 1. The van der Waals surface area contributed by atoms with Crippen molar-refractivity contribution in [3.8, 4) is 11.3 Å². The van der Waals surface area contributed by atoms with Gasteiger partial charge in [-0.2, -0.15) is 0 Å². The molecule has 1 heterocycles. The molecule has 0 fully saturated rings. The van der Waals surface area contributed by atoms with Crippen LogP contribution in [-0.2, 0) is 12.8 Å². The molecule has 2 rings (SSSR count). The first-order chi connectivity index (χ1) is 8.85. The second-order valence-electron chi connectivity index (χ2n) is 4.35. The summed E-state index contributed by atoms with van der Waals surface area (Å²) in [5.41, 5.74) is 2.42. The lowest BCUT2D eigenvalue weighted by atomic mass is 10.1. The summed E-state index contributed by atoms with van der Waals surface area (Å²) in [6.07, 6.45) is 3.30. The Labute approximate surface area is 113 Å². The number of aromatic nitrogens is 1. The van der Waals surface area contributed by atoms with Crippen LogP contribution in [0.2, 0.25) is 0 Å². The molecule has 2 nitrogen and oxygen atoms in total. The fraction of sp³-hybridized carbons (Fsp3) is 0.400.